The van der Waals surface area contributed by atoms with Crippen LogP contribution < -0.4 is 4.90 Å². The van der Waals surface area contributed by atoms with Crippen LogP contribution in [0.15, 0.2) is 12.1 Å². The van der Waals surface area contributed by atoms with Crippen LogP contribution in [0.5, 0.6) is 0 Å². The van der Waals surface area contributed by atoms with E-state index in [0.717, 1.165) is 37.4 Å². The molecule has 104 valence electrons. The average molecular weight is 263 g/mol. The quantitative estimate of drug-likeness (QED) is 0.894. The third-order valence-corrected chi connectivity index (χ3v) is 3.43. The summed E-state index contributed by atoms with van der Waals surface area (Å²) in [5.41, 5.74) is 1.07. The molecule has 5 heteroatoms. The van der Waals surface area contributed by atoms with Crippen LogP contribution in [-0.4, -0.2) is 54.2 Å². The lowest BCUT2D eigenvalue weighted by Gasteiger charge is -2.28. The Morgan fingerprint density at radius 2 is 2.26 bits per heavy atom. The summed E-state index contributed by atoms with van der Waals surface area (Å²) < 4.78 is 0. The molecule has 1 aliphatic rings. The van der Waals surface area contributed by atoms with E-state index in [4.69, 9.17) is 5.11 Å². The summed E-state index contributed by atoms with van der Waals surface area (Å²) in [7, 11) is 4.12. The topological polar surface area (TPSA) is 56.7 Å². The molecule has 0 saturated carbocycles. The number of nitrogens with zero attached hydrogens (tertiary/aromatic N) is 3. The van der Waals surface area contributed by atoms with Gasteiger partial charge in [-0.2, -0.15) is 0 Å². The third kappa shape index (κ3) is 3.23. The van der Waals surface area contributed by atoms with Crippen LogP contribution in [0.2, 0.25) is 0 Å². The minimum Gasteiger partial charge on any atom is -0.478 e. The van der Waals surface area contributed by atoms with Crippen molar-refractivity contribution in [3.8, 4) is 0 Å². The van der Waals surface area contributed by atoms with Crippen LogP contribution in [0.4, 0.5) is 5.82 Å². The average Bonchev–Trinajstić information content (AvgIpc) is 2.75. The first-order valence-corrected chi connectivity index (χ1v) is 6.60. The highest BCUT2D eigenvalue weighted by molar-refractivity contribution is 5.88. The Bertz CT molecular complexity index is 474. The summed E-state index contributed by atoms with van der Waals surface area (Å²) in [6.07, 6.45) is 2.27. The van der Waals surface area contributed by atoms with Crippen molar-refractivity contribution in [3.63, 3.8) is 0 Å². The molecule has 1 atom stereocenters. The number of rotatable bonds is 4. The zero-order chi connectivity index (χ0) is 14.0. The Morgan fingerprint density at radius 1 is 1.53 bits per heavy atom. The monoisotopic (exact) mass is 263 g/mol. The lowest BCUT2D eigenvalue weighted by atomic mass is 10.2. The molecular formula is C14H21N3O2. The molecule has 1 unspecified atom stereocenters. The maximum absolute atomic E-state index is 11.1. The van der Waals surface area contributed by atoms with Gasteiger partial charge in [-0.15, -0.1) is 0 Å². The van der Waals surface area contributed by atoms with Crippen LogP contribution in [0.25, 0.3) is 0 Å². The summed E-state index contributed by atoms with van der Waals surface area (Å²) in [6, 6.07) is 3.72. The Balaban J connectivity index is 2.27. The van der Waals surface area contributed by atoms with E-state index in [1.165, 1.54) is 0 Å². The van der Waals surface area contributed by atoms with Crippen LogP contribution in [0.3, 0.4) is 0 Å². The number of carboxylic acids is 1. The van der Waals surface area contributed by atoms with Crippen molar-refractivity contribution < 1.29 is 9.90 Å². The minimum absolute atomic E-state index is 0.318. The van der Waals surface area contributed by atoms with Gasteiger partial charge in [0.25, 0.3) is 0 Å². The zero-order valence-corrected chi connectivity index (χ0v) is 11.8. The van der Waals surface area contributed by atoms with E-state index >= 15 is 0 Å². The SMILES string of the molecule is Cc1cc(C(=O)O)cc(N2CCCC2CN(C)C)n1. The van der Waals surface area contributed by atoms with E-state index in [1.807, 2.05) is 6.92 Å². The van der Waals surface area contributed by atoms with Crippen LogP contribution >= 0.6 is 0 Å². The van der Waals surface area contributed by atoms with Gasteiger partial charge >= 0.3 is 5.97 Å². The molecule has 1 N–H and O–H groups in total. The first-order chi connectivity index (χ1) is 8.97. The van der Waals surface area contributed by atoms with Gasteiger partial charge in [-0.1, -0.05) is 0 Å². The third-order valence-electron chi connectivity index (χ3n) is 3.43. The molecule has 0 bridgehead atoms. The lowest BCUT2D eigenvalue weighted by molar-refractivity contribution is 0.0696. The molecule has 1 saturated heterocycles. The molecular weight excluding hydrogens is 242 g/mol. The van der Waals surface area contributed by atoms with Gasteiger partial charge in [0.2, 0.25) is 0 Å². The number of pyridine rings is 1. The van der Waals surface area contributed by atoms with E-state index in [0.29, 0.717) is 11.6 Å². The molecule has 1 fully saturated rings. The molecule has 1 aromatic heterocycles. The second-order valence-electron chi connectivity index (χ2n) is 5.41. The molecule has 0 spiro atoms. The highest BCUT2D eigenvalue weighted by atomic mass is 16.4. The summed E-state index contributed by atoms with van der Waals surface area (Å²) in [6.45, 7) is 3.76. The number of aryl methyl sites for hydroxylation is 1. The van der Waals surface area contributed by atoms with Gasteiger partial charge in [0.15, 0.2) is 0 Å². The highest BCUT2D eigenvalue weighted by Crippen LogP contribution is 2.25. The van der Waals surface area contributed by atoms with Crippen molar-refractivity contribution >= 4 is 11.8 Å². The first kappa shape index (κ1) is 13.8. The number of likely N-dealkylation sites (N-methyl/N-ethyl adjacent to an activating group) is 1. The fourth-order valence-electron chi connectivity index (χ4n) is 2.67. The van der Waals surface area contributed by atoms with Crippen LogP contribution in [0, 0.1) is 6.92 Å². The standard InChI is InChI=1S/C14H21N3O2/c1-10-7-11(14(18)19)8-13(15-10)17-6-4-5-12(17)9-16(2)3/h7-8,12H,4-6,9H2,1-3H3,(H,18,19). The second kappa shape index (κ2) is 5.57. The van der Waals surface area contributed by atoms with E-state index in [2.05, 4.69) is 28.9 Å². The van der Waals surface area contributed by atoms with Crippen molar-refractivity contribution in [1.82, 2.24) is 9.88 Å². The van der Waals surface area contributed by atoms with E-state index < -0.39 is 5.97 Å². The van der Waals surface area contributed by atoms with Crippen molar-refractivity contribution in [2.75, 3.05) is 32.1 Å². The molecule has 0 aromatic carbocycles. The summed E-state index contributed by atoms with van der Waals surface area (Å²) in [5, 5.41) is 9.13. The van der Waals surface area contributed by atoms with Crippen molar-refractivity contribution in [3.05, 3.63) is 23.4 Å². The molecule has 0 radical (unpaired) electrons. The number of carboxylic acid groups (broad SMARTS) is 1. The molecule has 5 nitrogen and oxygen atoms in total. The Morgan fingerprint density at radius 3 is 2.89 bits per heavy atom. The van der Waals surface area contributed by atoms with Crippen molar-refractivity contribution in [2.45, 2.75) is 25.8 Å². The fraction of sp³-hybridized carbons (Fsp3) is 0.571. The van der Waals surface area contributed by atoms with Crippen LogP contribution in [-0.2, 0) is 0 Å². The maximum Gasteiger partial charge on any atom is 0.335 e. The number of anilines is 1. The van der Waals surface area contributed by atoms with Crippen molar-refractivity contribution in [1.29, 1.82) is 0 Å². The number of aromatic nitrogens is 1. The molecule has 1 aromatic rings. The normalized spacial score (nSPS) is 19.2. The Labute approximate surface area is 113 Å². The second-order valence-corrected chi connectivity index (χ2v) is 5.41. The predicted octanol–water partition coefficient (Wildman–Crippen LogP) is 1.62. The van der Waals surface area contributed by atoms with Crippen molar-refractivity contribution in [2.24, 2.45) is 0 Å². The summed E-state index contributed by atoms with van der Waals surface area (Å²) >= 11 is 0. The Kier molecular flexibility index (Phi) is 4.04. The van der Waals surface area contributed by atoms with Gasteiger partial charge < -0.3 is 14.9 Å². The Hall–Kier alpha value is -1.62. The molecule has 0 aliphatic carbocycles. The molecule has 2 heterocycles. The maximum atomic E-state index is 11.1. The number of aromatic carboxylic acids is 1. The lowest BCUT2D eigenvalue weighted by Crippen LogP contribution is -2.38. The van der Waals surface area contributed by atoms with Gasteiger partial charge in [-0.3, -0.25) is 0 Å². The molecule has 0 amide bonds. The zero-order valence-electron chi connectivity index (χ0n) is 11.8. The predicted molar refractivity (Wildman–Crippen MR) is 74.9 cm³/mol. The van der Waals surface area contributed by atoms with Gasteiger partial charge in [0.05, 0.1) is 5.56 Å². The van der Waals surface area contributed by atoms with E-state index in [9.17, 15) is 4.79 Å². The molecule has 2 rings (SSSR count). The first-order valence-electron chi connectivity index (χ1n) is 6.60. The van der Waals surface area contributed by atoms with Crippen LogP contribution in [0.1, 0.15) is 28.9 Å². The number of hydrogen-bond donors (Lipinski definition) is 1. The summed E-state index contributed by atoms with van der Waals surface area (Å²) in [4.78, 5) is 20.0. The molecule has 19 heavy (non-hydrogen) atoms. The van der Waals surface area contributed by atoms with Gasteiger partial charge in [-0.05, 0) is 46.0 Å². The number of carbonyl (C=O) groups is 1. The molecule has 1 aliphatic heterocycles. The van der Waals surface area contributed by atoms with Gasteiger partial charge in [-0.25, -0.2) is 9.78 Å². The number of hydrogen-bond acceptors (Lipinski definition) is 4. The van der Waals surface area contributed by atoms with E-state index in [1.54, 1.807) is 12.1 Å². The highest BCUT2D eigenvalue weighted by Gasteiger charge is 2.26. The van der Waals surface area contributed by atoms with E-state index in [-0.39, 0.29) is 0 Å². The fourth-order valence-corrected chi connectivity index (χ4v) is 2.67. The van der Waals surface area contributed by atoms with Gasteiger partial charge in [0.1, 0.15) is 5.82 Å². The minimum atomic E-state index is -0.893. The largest absolute Gasteiger partial charge is 0.478 e. The smallest absolute Gasteiger partial charge is 0.335 e. The summed E-state index contributed by atoms with van der Waals surface area (Å²) in [5.74, 6) is -0.100. The van der Waals surface area contributed by atoms with Gasteiger partial charge in [0, 0.05) is 24.8 Å².